The number of fused-ring (bicyclic) bond motifs is 1. The number of aliphatic hydroxyl groups is 1. The van der Waals surface area contributed by atoms with Crippen LogP contribution >= 0.6 is 11.3 Å². The number of amides is 1. The molecule has 1 atom stereocenters. The van der Waals surface area contributed by atoms with Crippen LogP contribution in [0.4, 0.5) is 0 Å². The zero-order valence-corrected chi connectivity index (χ0v) is 12.2. The summed E-state index contributed by atoms with van der Waals surface area (Å²) in [4.78, 5) is 16.3. The normalized spacial score (nSPS) is 12.5. The van der Waals surface area contributed by atoms with Crippen LogP contribution in [-0.4, -0.2) is 22.5 Å². The zero-order chi connectivity index (χ0) is 14.8. The number of carbonyl (C=O) groups is 1. The molecule has 0 fully saturated rings. The first-order chi connectivity index (χ1) is 10.1. The predicted octanol–water partition coefficient (Wildman–Crippen LogP) is 2.66. The number of aliphatic hydroxyl groups excluding tert-OH is 1. The minimum atomic E-state index is -0.864. The van der Waals surface area contributed by atoms with Gasteiger partial charge in [0.1, 0.15) is 17.6 Å². The van der Waals surface area contributed by atoms with Crippen molar-refractivity contribution >= 4 is 27.5 Å². The van der Waals surface area contributed by atoms with Gasteiger partial charge in [0, 0.05) is 0 Å². The van der Waals surface area contributed by atoms with Crippen LogP contribution in [0.25, 0.3) is 10.2 Å². The number of rotatable bonds is 4. The van der Waals surface area contributed by atoms with Crippen molar-refractivity contribution in [2.24, 2.45) is 0 Å². The van der Waals surface area contributed by atoms with Gasteiger partial charge in [-0.3, -0.25) is 4.79 Å². The second-order valence-electron chi connectivity index (χ2n) is 4.66. The van der Waals surface area contributed by atoms with Crippen LogP contribution in [0.15, 0.2) is 40.8 Å². The molecule has 0 radical (unpaired) electrons. The lowest BCUT2D eigenvalue weighted by molar-refractivity contribution is 0.0900. The second kappa shape index (κ2) is 5.67. The topological polar surface area (TPSA) is 75.4 Å². The molecule has 3 aromatic rings. The van der Waals surface area contributed by atoms with Crippen molar-refractivity contribution in [1.82, 2.24) is 10.3 Å². The fourth-order valence-electron chi connectivity index (χ4n) is 1.97. The standard InChI is InChI=1S/C15H14N2O3S/c1-9-6-7-12(20-9)11(18)8-16-14(19)15-17-10-4-2-3-5-13(10)21-15/h2-7,11,18H,8H2,1H3,(H,16,19)/t11-/m1/s1. The Bertz CT molecular complexity index is 745. The lowest BCUT2D eigenvalue weighted by atomic mass is 10.3. The number of nitrogens with zero attached hydrogens (tertiary/aromatic N) is 1. The summed E-state index contributed by atoms with van der Waals surface area (Å²) in [6, 6.07) is 11.0. The van der Waals surface area contributed by atoms with E-state index < -0.39 is 6.10 Å². The summed E-state index contributed by atoms with van der Waals surface area (Å²) in [6.07, 6.45) is -0.864. The first-order valence-corrected chi connectivity index (χ1v) is 7.33. The van der Waals surface area contributed by atoms with Crippen LogP contribution in [0.1, 0.15) is 27.4 Å². The average Bonchev–Trinajstić information content (AvgIpc) is 3.10. The van der Waals surface area contributed by atoms with Crippen molar-refractivity contribution in [3.63, 3.8) is 0 Å². The molecule has 0 aliphatic heterocycles. The van der Waals surface area contributed by atoms with E-state index in [0.29, 0.717) is 10.8 Å². The van der Waals surface area contributed by atoms with Crippen molar-refractivity contribution in [3.8, 4) is 0 Å². The van der Waals surface area contributed by atoms with Gasteiger partial charge in [0.05, 0.1) is 16.8 Å². The Hall–Kier alpha value is -2.18. The van der Waals surface area contributed by atoms with Gasteiger partial charge < -0.3 is 14.8 Å². The molecular weight excluding hydrogens is 288 g/mol. The Kier molecular flexibility index (Phi) is 3.72. The minimum Gasteiger partial charge on any atom is -0.464 e. The fraction of sp³-hybridized carbons (Fsp3) is 0.200. The molecule has 0 saturated carbocycles. The lowest BCUT2D eigenvalue weighted by Gasteiger charge is -2.08. The fourth-order valence-corrected chi connectivity index (χ4v) is 2.85. The van der Waals surface area contributed by atoms with Gasteiger partial charge in [0.15, 0.2) is 5.01 Å². The van der Waals surface area contributed by atoms with Crippen molar-refractivity contribution in [2.45, 2.75) is 13.0 Å². The number of nitrogens with one attached hydrogen (secondary N) is 1. The molecule has 1 aromatic carbocycles. The van der Waals surface area contributed by atoms with Gasteiger partial charge in [-0.05, 0) is 31.2 Å². The predicted molar refractivity (Wildman–Crippen MR) is 80.4 cm³/mol. The maximum absolute atomic E-state index is 12.1. The Labute approximate surface area is 125 Å². The Morgan fingerprint density at radius 1 is 1.38 bits per heavy atom. The van der Waals surface area contributed by atoms with Gasteiger partial charge in [-0.15, -0.1) is 11.3 Å². The molecule has 21 heavy (non-hydrogen) atoms. The molecule has 0 bridgehead atoms. The molecule has 5 nitrogen and oxygen atoms in total. The van der Waals surface area contributed by atoms with Gasteiger partial charge in [0.25, 0.3) is 5.91 Å². The first-order valence-electron chi connectivity index (χ1n) is 6.51. The van der Waals surface area contributed by atoms with E-state index in [1.807, 2.05) is 24.3 Å². The Balaban J connectivity index is 1.66. The van der Waals surface area contributed by atoms with Crippen LogP contribution in [0, 0.1) is 6.92 Å². The number of para-hydroxylation sites is 1. The Morgan fingerprint density at radius 2 is 2.19 bits per heavy atom. The molecule has 108 valence electrons. The summed E-state index contributed by atoms with van der Waals surface area (Å²) in [5, 5.41) is 13.0. The first kappa shape index (κ1) is 13.8. The second-order valence-corrected chi connectivity index (χ2v) is 5.69. The van der Waals surface area contributed by atoms with Crippen molar-refractivity contribution < 1.29 is 14.3 Å². The van der Waals surface area contributed by atoms with Crippen LogP contribution in [0.3, 0.4) is 0 Å². The molecule has 0 saturated heterocycles. The van der Waals surface area contributed by atoms with Crippen molar-refractivity contribution in [1.29, 1.82) is 0 Å². The molecule has 0 aliphatic rings. The van der Waals surface area contributed by atoms with E-state index in [-0.39, 0.29) is 12.5 Å². The van der Waals surface area contributed by atoms with Crippen LogP contribution in [-0.2, 0) is 0 Å². The summed E-state index contributed by atoms with van der Waals surface area (Å²) in [5.41, 5.74) is 0.801. The summed E-state index contributed by atoms with van der Waals surface area (Å²) in [6.45, 7) is 1.89. The van der Waals surface area contributed by atoms with E-state index in [1.165, 1.54) is 11.3 Å². The quantitative estimate of drug-likeness (QED) is 0.777. The van der Waals surface area contributed by atoms with Crippen LogP contribution in [0.2, 0.25) is 0 Å². The monoisotopic (exact) mass is 302 g/mol. The number of aryl methyl sites for hydroxylation is 1. The number of hydrogen-bond acceptors (Lipinski definition) is 5. The smallest absolute Gasteiger partial charge is 0.280 e. The van der Waals surface area contributed by atoms with E-state index >= 15 is 0 Å². The van der Waals surface area contributed by atoms with E-state index in [2.05, 4.69) is 10.3 Å². The molecule has 1 amide bonds. The summed E-state index contributed by atoms with van der Waals surface area (Å²) >= 11 is 1.33. The number of furan rings is 1. The van der Waals surface area contributed by atoms with Gasteiger partial charge in [-0.25, -0.2) is 4.98 Å². The highest BCUT2D eigenvalue weighted by Crippen LogP contribution is 2.21. The highest BCUT2D eigenvalue weighted by Gasteiger charge is 2.16. The highest BCUT2D eigenvalue weighted by atomic mass is 32.1. The molecule has 2 N–H and O–H groups in total. The summed E-state index contributed by atoms with van der Waals surface area (Å²) in [5.74, 6) is 0.872. The van der Waals surface area contributed by atoms with E-state index in [0.717, 1.165) is 16.0 Å². The molecule has 2 aromatic heterocycles. The zero-order valence-electron chi connectivity index (χ0n) is 11.4. The van der Waals surface area contributed by atoms with E-state index in [4.69, 9.17) is 4.42 Å². The van der Waals surface area contributed by atoms with Gasteiger partial charge in [-0.1, -0.05) is 12.1 Å². The number of thiazole rings is 1. The molecule has 6 heteroatoms. The average molecular weight is 302 g/mol. The molecule has 0 spiro atoms. The maximum atomic E-state index is 12.1. The van der Waals surface area contributed by atoms with Crippen LogP contribution < -0.4 is 5.32 Å². The largest absolute Gasteiger partial charge is 0.464 e. The van der Waals surface area contributed by atoms with Gasteiger partial charge in [0.2, 0.25) is 0 Å². The summed E-state index contributed by atoms with van der Waals surface area (Å²) in [7, 11) is 0. The van der Waals surface area contributed by atoms with E-state index in [1.54, 1.807) is 19.1 Å². The van der Waals surface area contributed by atoms with Crippen LogP contribution in [0.5, 0.6) is 0 Å². The van der Waals surface area contributed by atoms with Gasteiger partial charge >= 0.3 is 0 Å². The van der Waals surface area contributed by atoms with Crippen molar-refractivity contribution in [2.75, 3.05) is 6.54 Å². The minimum absolute atomic E-state index is 0.0850. The molecule has 3 rings (SSSR count). The summed E-state index contributed by atoms with van der Waals surface area (Å²) < 4.78 is 6.28. The lowest BCUT2D eigenvalue weighted by Crippen LogP contribution is -2.28. The maximum Gasteiger partial charge on any atom is 0.280 e. The molecule has 0 aliphatic carbocycles. The third kappa shape index (κ3) is 2.96. The number of carbonyl (C=O) groups excluding carboxylic acids is 1. The van der Waals surface area contributed by atoms with Crippen molar-refractivity contribution in [3.05, 3.63) is 52.9 Å². The molecular formula is C15H14N2O3S. The third-order valence-electron chi connectivity index (χ3n) is 3.03. The number of aromatic nitrogens is 1. The number of benzene rings is 1. The van der Waals surface area contributed by atoms with E-state index in [9.17, 15) is 9.90 Å². The third-order valence-corrected chi connectivity index (χ3v) is 4.07. The highest BCUT2D eigenvalue weighted by molar-refractivity contribution is 7.20. The Morgan fingerprint density at radius 3 is 2.90 bits per heavy atom. The number of hydrogen-bond donors (Lipinski definition) is 2. The SMILES string of the molecule is Cc1ccc([C@H](O)CNC(=O)c2nc3ccccc3s2)o1. The molecule has 0 unspecified atom stereocenters. The molecule has 2 heterocycles. The van der Waals surface area contributed by atoms with Gasteiger partial charge in [-0.2, -0.15) is 0 Å².